The standard InChI is InChI=1S/C15H12ClN5S/c16-10-5-6-14(20-12(10)9-17)18-7-8-19-15-21-11-3-1-2-4-13(11)22-15/h1-6H,7-8H2,(H,18,20)(H,19,21). The minimum absolute atomic E-state index is 0.228. The lowest BCUT2D eigenvalue weighted by Crippen LogP contribution is -2.14. The molecule has 7 heteroatoms. The van der Waals surface area contributed by atoms with E-state index in [-0.39, 0.29) is 5.69 Å². The van der Waals surface area contributed by atoms with Crippen molar-refractivity contribution in [3.05, 3.63) is 47.1 Å². The van der Waals surface area contributed by atoms with Gasteiger partial charge < -0.3 is 10.6 Å². The van der Waals surface area contributed by atoms with Crippen molar-refractivity contribution in [2.75, 3.05) is 23.7 Å². The number of nitriles is 1. The molecule has 0 saturated carbocycles. The van der Waals surface area contributed by atoms with Crippen LogP contribution in [0, 0.1) is 11.3 Å². The summed E-state index contributed by atoms with van der Waals surface area (Å²) >= 11 is 7.47. The molecular formula is C15H12ClN5S. The van der Waals surface area contributed by atoms with Crippen molar-refractivity contribution in [2.24, 2.45) is 0 Å². The third-order valence-electron chi connectivity index (χ3n) is 2.95. The van der Waals surface area contributed by atoms with Crippen LogP contribution in [-0.2, 0) is 0 Å². The lowest BCUT2D eigenvalue weighted by atomic mass is 10.3. The van der Waals surface area contributed by atoms with Crippen molar-refractivity contribution >= 4 is 44.1 Å². The first-order valence-electron chi connectivity index (χ1n) is 6.66. The monoisotopic (exact) mass is 329 g/mol. The fourth-order valence-corrected chi connectivity index (χ4v) is 2.97. The molecule has 3 aromatic rings. The summed E-state index contributed by atoms with van der Waals surface area (Å²) in [4.78, 5) is 8.62. The molecule has 0 aliphatic heterocycles. The Kier molecular flexibility index (Phi) is 4.37. The van der Waals surface area contributed by atoms with E-state index in [4.69, 9.17) is 16.9 Å². The Labute approximate surface area is 136 Å². The zero-order valence-electron chi connectivity index (χ0n) is 11.5. The number of halogens is 1. The smallest absolute Gasteiger partial charge is 0.183 e. The van der Waals surface area contributed by atoms with Gasteiger partial charge in [-0.05, 0) is 24.3 Å². The topological polar surface area (TPSA) is 73.6 Å². The Balaban J connectivity index is 1.54. The van der Waals surface area contributed by atoms with Gasteiger partial charge in [-0.3, -0.25) is 0 Å². The highest BCUT2D eigenvalue weighted by molar-refractivity contribution is 7.22. The molecule has 0 unspecified atom stereocenters. The van der Waals surface area contributed by atoms with Gasteiger partial charge in [-0.25, -0.2) is 9.97 Å². The van der Waals surface area contributed by atoms with Crippen molar-refractivity contribution in [2.45, 2.75) is 0 Å². The SMILES string of the molecule is N#Cc1nc(NCCNc2nc3ccccc3s2)ccc1Cl. The average Bonchev–Trinajstić information content (AvgIpc) is 2.95. The van der Waals surface area contributed by atoms with Gasteiger partial charge in [-0.1, -0.05) is 35.1 Å². The number of anilines is 2. The summed E-state index contributed by atoms with van der Waals surface area (Å²) in [5, 5.41) is 16.6. The van der Waals surface area contributed by atoms with E-state index in [0.29, 0.717) is 23.9 Å². The van der Waals surface area contributed by atoms with Gasteiger partial charge in [0.25, 0.3) is 0 Å². The lowest BCUT2D eigenvalue weighted by Gasteiger charge is -2.06. The molecule has 5 nitrogen and oxygen atoms in total. The van der Waals surface area contributed by atoms with Crippen LogP contribution in [0.1, 0.15) is 5.69 Å². The zero-order chi connectivity index (χ0) is 15.4. The maximum Gasteiger partial charge on any atom is 0.183 e. The normalized spacial score (nSPS) is 10.4. The van der Waals surface area contributed by atoms with Crippen molar-refractivity contribution in [1.29, 1.82) is 5.26 Å². The first kappa shape index (κ1) is 14.6. The second-order valence-corrected chi connectivity index (χ2v) is 5.92. The van der Waals surface area contributed by atoms with Crippen LogP contribution in [0.2, 0.25) is 5.02 Å². The molecule has 0 aliphatic rings. The molecule has 0 atom stereocenters. The highest BCUT2D eigenvalue weighted by atomic mass is 35.5. The van der Waals surface area contributed by atoms with Crippen LogP contribution in [0.25, 0.3) is 10.2 Å². The number of nitrogens with zero attached hydrogens (tertiary/aromatic N) is 3. The maximum absolute atomic E-state index is 8.89. The summed E-state index contributed by atoms with van der Waals surface area (Å²) in [6.45, 7) is 1.36. The highest BCUT2D eigenvalue weighted by Crippen LogP contribution is 2.25. The predicted octanol–water partition coefficient (Wildman–Crippen LogP) is 3.74. The van der Waals surface area contributed by atoms with Gasteiger partial charge in [0.2, 0.25) is 0 Å². The fraction of sp³-hybridized carbons (Fsp3) is 0.133. The summed E-state index contributed by atoms with van der Waals surface area (Å²) in [6.07, 6.45) is 0. The predicted molar refractivity (Wildman–Crippen MR) is 90.6 cm³/mol. The molecule has 110 valence electrons. The van der Waals surface area contributed by atoms with E-state index in [2.05, 4.69) is 26.7 Å². The molecule has 2 heterocycles. The van der Waals surface area contributed by atoms with Crippen LogP contribution < -0.4 is 10.6 Å². The largest absolute Gasteiger partial charge is 0.368 e. The van der Waals surface area contributed by atoms with Crippen LogP contribution in [0.3, 0.4) is 0 Å². The average molecular weight is 330 g/mol. The maximum atomic E-state index is 8.89. The fourth-order valence-electron chi connectivity index (χ4n) is 1.93. The van der Waals surface area contributed by atoms with Gasteiger partial charge in [0, 0.05) is 13.1 Å². The number of benzene rings is 1. The molecule has 0 radical (unpaired) electrons. The molecular weight excluding hydrogens is 318 g/mol. The number of aromatic nitrogens is 2. The van der Waals surface area contributed by atoms with E-state index in [9.17, 15) is 0 Å². The van der Waals surface area contributed by atoms with E-state index >= 15 is 0 Å². The summed E-state index contributed by atoms with van der Waals surface area (Å²) in [7, 11) is 0. The summed E-state index contributed by atoms with van der Waals surface area (Å²) in [5.74, 6) is 0.632. The van der Waals surface area contributed by atoms with Gasteiger partial charge in [0.1, 0.15) is 11.9 Å². The van der Waals surface area contributed by atoms with E-state index in [1.165, 1.54) is 0 Å². The number of nitrogens with one attached hydrogen (secondary N) is 2. The first-order valence-corrected chi connectivity index (χ1v) is 7.85. The van der Waals surface area contributed by atoms with Crippen LogP contribution in [-0.4, -0.2) is 23.1 Å². The van der Waals surface area contributed by atoms with Gasteiger partial charge in [-0.2, -0.15) is 5.26 Å². The Morgan fingerprint density at radius 1 is 1.09 bits per heavy atom. The number of pyridine rings is 1. The van der Waals surface area contributed by atoms with Crippen LogP contribution in [0.5, 0.6) is 0 Å². The second-order valence-electron chi connectivity index (χ2n) is 4.48. The molecule has 0 bridgehead atoms. The third-order valence-corrected chi connectivity index (χ3v) is 4.25. The Morgan fingerprint density at radius 3 is 2.73 bits per heavy atom. The number of hydrogen-bond donors (Lipinski definition) is 2. The molecule has 0 fully saturated rings. The van der Waals surface area contributed by atoms with Gasteiger partial charge in [-0.15, -0.1) is 0 Å². The molecule has 1 aromatic carbocycles. The summed E-state index contributed by atoms with van der Waals surface area (Å²) in [5.41, 5.74) is 1.23. The number of para-hydroxylation sites is 1. The molecule has 2 N–H and O–H groups in total. The van der Waals surface area contributed by atoms with Crippen molar-refractivity contribution in [1.82, 2.24) is 9.97 Å². The molecule has 0 amide bonds. The van der Waals surface area contributed by atoms with Gasteiger partial charge in [0.15, 0.2) is 10.8 Å². The molecule has 2 aromatic heterocycles. The minimum atomic E-state index is 0.228. The van der Waals surface area contributed by atoms with Gasteiger partial charge in [0.05, 0.1) is 15.2 Å². The molecule has 0 saturated heterocycles. The first-order chi connectivity index (χ1) is 10.8. The van der Waals surface area contributed by atoms with E-state index in [0.717, 1.165) is 15.3 Å². The third kappa shape index (κ3) is 3.27. The summed E-state index contributed by atoms with van der Waals surface area (Å²) in [6, 6.07) is 13.4. The molecule has 0 aliphatic carbocycles. The van der Waals surface area contributed by atoms with E-state index < -0.39 is 0 Å². The van der Waals surface area contributed by atoms with Crippen molar-refractivity contribution < 1.29 is 0 Å². The van der Waals surface area contributed by atoms with Crippen molar-refractivity contribution in [3.8, 4) is 6.07 Å². The van der Waals surface area contributed by atoms with Crippen LogP contribution in [0.15, 0.2) is 36.4 Å². The van der Waals surface area contributed by atoms with E-state index in [1.54, 1.807) is 23.5 Å². The molecule has 3 rings (SSSR count). The highest BCUT2D eigenvalue weighted by Gasteiger charge is 2.04. The Morgan fingerprint density at radius 2 is 1.91 bits per heavy atom. The number of rotatable bonds is 5. The number of thiazole rings is 1. The second kappa shape index (κ2) is 6.60. The molecule has 22 heavy (non-hydrogen) atoms. The van der Waals surface area contributed by atoms with E-state index in [1.807, 2.05) is 24.3 Å². The van der Waals surface area contributed by atoms with Crippen molar-refractivity contribution in [3.63, 3.8) is 0 Å². The van der Waals surface area contributed by atoms with Gasteiger partial charge >= 0.3 is 0 Å². The summed E-state index contributed by atoms with van der Waals surface area (Å²) < 4.78 is 1.16. The lowest BCUT2D eigenvalue weighted by molar-refractivity contribution is 1.05. The number of hydrogen-bond acceptors (Lipinski definition) is 6. The minimum Gasteiger partial charge on any atom is -0.368 e. The molecule has 0 spiro atoms. The Hall–Kier alpha value is -2.36. The Bertz CT molecular complexity index is 806. The number of fused-ring (bicyclic) bond motifs is 1. The van der Waals surface area contributed by atoms with Crippen LogP contribution >= 0.6 is 22.9 Å². The zero-order valence-corrected chi connectivity index (χ0v) is 13.1. The quantitative estimate of drug-likeness (QED) is 0.697. The van der Waals surface area contributed by atoms with Crippen LogP contribution in [0.4, 0.5) is 10.9 Å².